The van der Waals surface area contributed by atoms with Crippen LogP contribution in [0.5, 0.6) is 11.5 Å². The molecule has 1 aromatic carbocycles. The molecule has 6 nitrogen and oxygen atoms in total. The number of benzene rings is 1. The zero-order chi connectivity index (χ0) is 21.9. The van der Waals surface area contributed by atoms with Crippen molar-refractivity contribution in [3.8, 4) is 11.5 Å². The monoisotopic (exact) mass is 408 g/mol. The summed E-state index contributed by atoms with van der Waals surface area (Å²) in [6.07, 6.45) is 6.24. The number of amides is 1. The molecule has 0 saturated carbocycles. The molecule has 1 aromatic heterocycles. The van der Waals surface area contributed by atoms with Crippen LogP contribution in [0.15, 0.2) is 62.0 Å². The Morgan fingerprint density at radius 2 is 2.13 bits per heavy atom. The van der Waals surface area contributed by atoms with Gasteiger partial charge in [-0.1, -0.05) is 18.2 Å². The Morgan fingerprint density at radius 1 is 1.40 bits per heavy atom. The fraction of sp³-hybridized carbons (Fsp3) is 0.333. The van der Waals surface area contributed by atoms with Crippen LogP contribution in [0.1, 0.15) is 34.8 Å². The van der Waals surface area contributed by atoms with Crippen molar-refractivity contribution in [2.75, 3.05) is 14.2 Å². The Bertz CT molecular complexity index is 932. The molecule has 1 amide bonds. The van der Waals surface area contributed by atoms with Gasteiger partial charge in [0.15, 0.2) is 11.5 Å². The predicted molar refractivity (Wildman–Crippen MR) is 116 cm³/mol. The lowest BCUT2D eigenvalue weighted by molar-refractivity contribution is 0.0784. The normalized spacial score (nSPS) is 17.4. The van der Waals surface area contributed by atoms with Crippen LogP contribution < -0.4 is 9.47 Å². The van der Waals surface area contributed by atoms with Gasteiger partial charge >= 0.3 is 0 Å². The van der Waals surface area contributed by atoms with Crippen molar-refractivity contribution in [2.45, 2.75) is 37.5 Å². The van der Waals surface area contributed by atoms with Crippen molar-refractivity contribution in [1.29, 1.82) is 0 Å². The second kappa shape index (κ2) is 8.71. The van der Waals surface area contributed by atoms with Gasteiger partial charge in [-0.2, -0.15) is 0 Å². The average molecular weight is 408 g/mol. The maximum absolute atomic E-state index is 12.8. The summed E-state index contributed by atoms with van der Waals surface area (Å²) < 4.78 is 11.8. The Labute approximate surface area is 177 Å². The summed E-state index contributed by atoms with van der Waals surface area (Å²) in [4.78, 5) is 18.5. The second-order valence-electron chi connectivity index (χ2n) is 7.57. The molecule has 0 spiro atoms. The van der Waals surface area contributed by atoms with Crippen molar-refractivity contribution in [1.82, 2.24) is 9.88 Å². The van der Waals surface area contributed by atoms with Crippen LogP contribution in [0.4, 0.5) is 0 Å². The maximum Gasteiger partial charge on any atom is 0.255 e. The van der Waals surface area contributed by atoms with Crippen LogP contribution in [-0.4, -0.2) is 47.3 Å². The molecule has 0 radical (unpaired) electrons. The molecule has 6 heteroatoms. The van der Waals surface area contributed by atoms with E-state index in [2.05, 4.69) is 18.1 Å². The molecule has 3 rings (SSSR count). The molecule has 1 N–H and O–H groups in total. The molecular formula is C24H28N2O4. The SMILES string of the molecule is C=CC1(C=C)c2c(CN(C)C(=O)c3cccnc3)ccc(OC)c2OC1C[C@H](C)O. The third-order valence-corrected chi connectivity index (χ3v) is 5.55. The number of hydrogen-bond donors (Lipinski definition) is 1. The quantitative estimate of drug-likeness (QED) is 0.677. The summed E-state index contributed by atoms with van der Waals surface area (Å²) in [5.41, 5.74) is 1.57. The third-order valence-electron chi connectivity index (χ3n) is 5.55. The smallest absolute Gasteiger partial charge is 0.255 e. The van der Waals surface area contributed by atoms with Crippen LogP contribution in [0.2, 0.25) is 0 Å². The lowest BCUT2D eigenvalue weighted by Crippen LogP contribution is -2.37. The van der Waals surface area contributed by atoms with Crippen molar-refractivity contribution >= 4 is 5.91 Å². The van der Waals surface area contributed by atoms with Crippen molar-refractivity contribution in [2.24, 2.45) is 0 Å². The number of carbonyl (C=O) groups excluding carboxylic acids is 1. The highest BCUT2D eigenvalue weighted by Gasteiger charge is 2.48. The van der Waals surface area contributed by atoms with Gasteiger partial charge in [-0.05, 0) is 30.7 Å². The van der Waals surface area contributed by atoms with E-state index in [0.717, 1.165) is 11.1 Å². The lowest BCUT2D eigenvalue weighted by atomic mass is 9.73. The number of pyridine rings is 1. The van der Waals surface area contributed by atoms with Crippen LogP contribution in [-0.2, 0) is 12.0 Å². The number of methoxy groups -OCH3 is 1. The van der Waals surface area contributed by atoms with E-state index in [4.69, 9.17) is 9.47 Å². The molecule has 1 aliphatic heterocycles. The number of aromatic nitrogens is 1. The molecular weight excluding hydrogens is 380 g/mol. The molecule has 0 fully saturated rings. The van der Waals surface area contributed by atoms with Gasteiger partial charge in [-0.3, -0.25) is 9.78 Å². The summed E-state index contributed by atoms with van der Waals surface area (Å²) in [6.45, 7) is 10.2. The summed E-state index contributed by atoms with van der Waals surface area (Å²) in [5.74, 6) is 1.06. The van der Waals surface area contributed by atoms with E-state index in [1.807, 2.05) is 12.1 Å². The molecule has 0 bridgehead atoms. The number of nitrogens with zero attached hydrogens (tertiary/aromatic N) is 2. The zero-order valence-electron chi connectivity index (χ0n) is 17.7. The van der Waals surface area contributed by atoms with E-state index >= 15 is 0 Å². The number of ether oxygens (including phenoxy) is 2. The minimum atomic E-state index is -0.714. The fourth-order valence-electron chi connectivity index (χ4n) is 4.03. The second-order valence-corrected chi connectivity index (χ2v) is 7.57. The molecule has 1 unspecified atom stereocenters. The molecule has 2 aromatic rings. The number of hydrogen-bond acceptors (Lipinski definition) is 5. The van der Waals surface area contributed by atoms with Crippen molar-refractivity contribution in [3.05, 3.63) is 78.7 Å². The van der Waals surface area contributed by atoms with Crippen molar-refractivity contribution < 1.29 is 19.4 Å². The van der Waals surface area contributed by atoms with Crippen LogP contribution in [0.3, 0.4) is 0 Å². The number of aliphatic hydroxyl groups excluding tert-OH is 1. The molecule has 0 saturated heterocycles. The van der Waals surface area contributed by atoms with E-state index < -0.39 is 11.5 Å². The first-order valence-electron chi connectivity index (χ1n) is 9.85. The molecule has 2 atom stereocenters. The summed E-state index contributed by atoms with van der Waals surface area (Å²) in [7, 11) is 3.33. The topological polar surface area (TPSA) is 71.9 Å². The fourth-order valence-corrected chi connectivity index (χ4v) is 4.03. The molecule has 1 aliphatic rings. The first-order chi connectivity index (χ1) is 14.4. The van der Waals surface area contributed by atoms with E-state index in [1.165, 1.54) is 0 Å². The highest BCUT2D eigenvalue weighted by atomic mass is 16.5. The van der Waals surface area contributed by atoms with Gasteiger partial charge in [0, 0.05) is 38.0 Å². The highest BCUT2D eigenvalue weighted by Crippen LogP contribution is 2.52. The third kappa shape index (κ3) is 3.71. The molecule has 158 valence electrons. The number of aliphatic hydroxyl groups is 1. The number of fused-ring (bicyclic) bond motifs is 1. The summed E-state index contributed by atoms with van der Waals surface area (Å²) >= 11 is 0. The van der Waals surface area contributed by atoms with E-state index in [-0.39, 0.29) is 12.0 Å². The first kappa shape index (κ1) is 21.6. The van der Waals surface area contributed by atoms with Crippen LogP contribution in [0.25, 0.3) is 0 Å². The van der Waals surface area contributed by atoms with E-state index in [1.54, 1.807) is 62.7 Å². The number of rotatable bonds is 8. The molecule has 0 aliphatic carbocycles. The van der Waals surface area contributed by atoms with Crippen molar-refractivity contribution in [3.63, 3.8) is 0 Å². The predicted octanol–water partition coefficient (Wildman–Crippen LogP) is 3.50. The number of carbonyl (C=O) groups is 1. The largest absolute Gasteiger partial charge is 0.493 e. The van der Waals surface area contributed by atoms with Gasteiger partial charge in [0.2, 0.25) is 0 Å². The van der Waals surface area contributed by atoms with E-state index in [0.29, 0.717) is 30.0 Å². The standard InChI is InChI=1S/C24H28N2O4/c1-6-24(7-2)20(13-16(3)27)30-22-19(29-5)11-10-18(21(22)24)15-26(4)23(28)17-9-8-12-25-14-17/h6-12,14,16,20,27H,1-2,13,15H2,3-5H3/t16-,20?/m0/s1. The van der Waals surface area contributed by atoms with Gasteiger partial charge in [-0.25, -0.2) is 0 Å². The maximum atomic E-state index is 12.8. The minimum Gasteiger partial charge on any atom is -0.493 e. The van der Waals surface area contributed by atoms with Gasteiger partial charge in [-0.15, -0.1) is 13.2 Å². The Morgan fingerprint density at radius 3 is 2.70 bits per heavy atom. The van der Waals surface area contributed by atoms with Crippen LogP contribution in [0, 0.1) is 0 Å². The van der Waals surface area contributed by atoms with Gasteiger partial charge in [0.1, 0.15) is 6.10 Å². The minimum absolute atomic E-state index is 0.130. The van der Waals surface area contributed by atoms with Gasteiger partial charge in [0.05, 0.1) is 24.2 Å². The summed E-state index contributed by atoms with van der Waals surface area (Å²) in [5, 5.41) is 10.0. The lowest BCUT2D eigenvalue weighted by Gasteiger charge is -2.30. The summed E-state index contributed by atoms with van der Waals surface area (Å²) in [6, 6.07) is 7.24. The Kier molecular flexibility index (Phi) is 6.27. The highest BCUT2D eigenvalue weighted by molar-refractivity contribution is 5.93. The van der Waals surface area contributed by atoms with Gasteiger partial charge in [0.25, 0.3) is 5.91 Å². The van der Waals surface area contributed by atoms with Crippen LogP contribution >= 0.6 is 0 Å². The molecule has 30 heavy (non-hydrogen) atoms. The van der Waals surface area contributed by atoms with E-state index in [9.17, 15) is 9.90 Å². The Hall–Kier alpha value is -3.12. The van der Waals surface area contributed by atoms with Gasteiger partial charge < -0.3 is 19.5 Å². The molecule has 2 heterocycles. The first-order valence-corrected chi connectivity index (χ1v) is 9.85. The average Bonchev–Trinajstić information content (AvgIpc) is 3.07. The Balaban J connectivity index is 2.05. The zero-order valence-corrected chi connectivity index (χ0v) is 17.7.